The molecule has 3 N–H and O–H groups in total. The zero-order chi connectivity index (χ0) is 38.5. The van der Waals surface area contributed by atoms with Gasteiger partial charge in [0.1, 0.15) is 12.2 Å². The van der Waals surface area contributed by atoms with Gasteiger partial charge in [-0.05, 0) is 56.5 Å². The molecule has 0 bridgehead atoms. The molecule has 16 nitrogen and oxygen atoms in total. The van der Waals surface area contributed by atoms with E-state index in [0.717, 1.165) is 14.5 Å². The fourth-order valence-corrected chi connectivity index (χ4v) is 9.30. The Bertz CT molecular complexity index is 1760. The third-order valence-electron chi connectivity index (χ3n) is 10.0. The van der Waals surface area contributed by atoms with E-state index in [0.29, 0.717) is 0 Å². The second kappa shape index (κ2) is 14.5. The van der Waals surface area contributed by atoms with Gasteiger partial charge in [0.15, 0.2) is 28.5 Å². The van der Waals surface area contributed by atoms with Crippen LogP contribution in [-0.4, -0.2) is 82.4 Å². The first-order valence-electron chi connectivity index (χ1n) is 16.4. The molecule has 1 aromatic heterocycles. The summed E-state index contributed by atoms with van der Waals surface area (Å²) < 4.78 is 75.6. The molecule has 20 heteroatoms. The standard InChI is InChI=1S/C30H54N3O13PSSi2/c1-13-41-27(36)47(37,38)42-16-14-15-32-24(34)20(2)17-33(26(32)35)25-23(45-50(11,12)29(6,7)8)30(21(31)19-48(39,40)46-30)22(44-25)18-43-49(9,10)28(3,4)5/h17,19,22-23,25H,13-16,18,31H2,1-12H3,(H,37,38)/t22?,23-,25+,30?/m0/s1. The third kappa shape index (κ3) is 8.47. The highest BCUT2D eigenvalue weighted by molar-refractivity contribution is 7.90. The maximum Gasteiger partial charge on any atom is 0.435 e. The van der Waals surface area contributed by atoms with Crippen molar-refractivity contribution in [2.45, 2.75) is 129 Å². The number of nitrogens with two attached hydrogens (primary N) is 1. The summed E-state index contributed by atoms with van der Waals surface area (Å²) in [5.74, 6) is 0. The monoisotopic (exact) mass is 783 g/mol. The van der Waals surface area contributed by atoms with E-state index in [4.69, 9.17) is 28.0 Å². The SMILES string of the molecule is CCOC(=O)P(=O)(O)OCCCn1c(=O)c(C)cn([C@@H]2OC(CO[Si](C)(C)C(C)(C)C)C3(OS(=O)(=O)C=C3N)[C@H]2O[Si](C)(C)C(C)(C)C)c1=O. The van der Waals surface area contributed by atoms with E-state index in [-0.39, 0.29) is 47.5 Å². The van der Waals surface area contributed by atoms with Gasteiger partial charge in [-0.2, -0.15) is 8.42 Å². The lowest BCUT2D eigenvalue weighted by Crippen LogP contribution is -2.59. The van der Waals surface area contributed by atoms with Crippen LogP contribution in [0, 0.1) is 6.92 Å². The zero-order valence-electron chi connectivity index (χ0n) is 31.1. The molecule has 5 atom stereocenters. The van der Waals surface area contributed by atoms with E-state index in [1.165, 1.54) is 20.0 Å². The Hall–Kier alpha value is -1.94. The Labute approximate surface area is 296 Å². The first-order chi connectivity index (χ1) is 22.5. The summed E-state index contributed by atoms with van der Waals surface area (Å²) in [6.45, 7) is 22.1. The summed E-state index contributed by atoms with van der Waals surface area (Å²) in [4.78, 5) is 49.0. The molecular weight excluding hydrogens is 730 g/mol. The van der Waals surface area contributed by atoms with E-state index in [1.54, 1.807) is 0 Å². The van der Waals surface area contributed by atoms with Crippen molar-refractivity contribution in [3.8, 4) is 0 Å². The quantitative estimate of drug-likeness (QED) is 0.124. The van der Waals surface area contributed by atoms with Gasteiger partial charge in [-0.3, -0.25) is 13.9 Å². The summed E-state index contributed by atoms with van der Waals surface area (Å²) in [6, 6.07) is 0. The zero-order valence-corrected chi connectivity index (χ0v) is 34.8. The number of hydrogen-bond acceptors (Lipinski definition) is 13. The fraction of sp³-hybridized carbons (Fsp3) is 0.767. The van der Waals surface area contributed by atoms with E-state index < -0.39 is 82.0 Å². The molecule has 2 aliphatic rings. The van der Waals surface area contributed by atoms with Gasteiger partial charge in [-0.1, -0.05) is 41.5 Å². The number of aromatic nitrogens is 2. The number of ether oxygens (including phenoxy) is 2. The van der Waals surface area contributed by atoms with Crippen molar-refractivity contribution in [2.75, 3.05) is 19.8 Å². The number of aryl methyl sites for hydroxylation is 1. The Morgan fingerprint density at radius 1 is 1.10 bits per heavy atom. The summed E-state index contributed by atoms with van der Waals surface area (Å²) in [7, 11) is -14.3. The van der Waals surface area contributed by atoms with Crippen LogP contribution < -0.4 is 17.0 Å². The van der Waals surface area contributed by atoms with E-state index in [9.17, 15) is 32.3 Å². The normalized spacial score (nSPS) is 25.5. The molecule has 286 valence electrons. The van der Waals surface area contributed by atoms with Crippen LogP contribution in [0.25, 0.3) is 0 Å². The second-order valence-electron chi connectivity index (χ2n) is 15.7. The van der Waals surface area contributed by atoms with Gasteiger partial charge >= 0.3 is 19.0 Å². The van der Waals surface area contributed by atoms with Crippen LogP contribution in [0.5, 0.6) is 0 Å². The van der Waals surface area contributed by atoms with Crippen molar-refractivity contribution >= 4 is 40.1 Å². The lowest BCUT2D eigenvalue weighted by Gasteiger charge is -2.43. The van der Waals surface area contributed by atoms with Gasteiger partial charge < -0.3 is 33.5 Å². The molecule has 0 saturated carbocycles. The number of rotatable bonds is 13. The van der Waals surface area contributed by atoms with Crippen LogP contribution >= 0.6 is 7.60 Å². The van der Waals surface area contributed by atoms with Crippen molar-refractivity contribution in [1.82, 2.24) is 9.13 Å². The highest BCUT2D eigenvalue weighted by atomic mass is 32.2. The van der Waals surface area contributed by atoms with Gasteiger partial charge in [-0.25, -0.2) is 18.3 Å². The van der Waals surface area contributed by atoms with Crippen molar-refractivity contribution in [3.63, 3.8) is 0 Å². The van der Waals surface area contributed by atoms with Crippen LogP contribution in [0.15, 0.2) is 26.9 Å². The van der Waals surface area contributed by atoms with Gasteiger partial charge in [0.2, 0.25) is 0 Å². The molecule has 1 saturated heterocycles. The summed E-state index contributed by atoms with van der Waals surface area (Å²) >= 11 is 0. The predicted octanol–water partition coefficient (Wildman–Crippen LogP) is 4.28. The Morgan fingerprint density at radius 2 is 1.68 bits per heavy atom. The van der Waals surface area contributed by atoms with Crippen LogP contribution in [0.3, 0.4) is 0 Å². The van der Waals surface area contributed by atoms with Crippen molar-refractivity contribution in [3.05, 3.63) is 43.7 Å². The average molecular weight is 784 g/mol. The van der Waals surface area contributed by atoms with Crippen molar-refractivity contribution in [2.24, 2.45) is 5.73 Å². The highest BCUT2D eigenvalue weighted by Gasteiger charge is 2.67. The Kier molecular flexibility index (Phi) is 12.3. The van der Waals surface area contributed by atoms with Crippen molar-refractivity contribution < 1.29 is 49.7 Å². The smallest absolute Gasteiger partial charge is 0.435 e. The molecule has 0 amide bonds. The Balaban J connectivity index is 2.16. The molecule has 1 spiro atoms. The van der Waals surface area contributed by atoms with Gasteiger partial charge in [0, 0.05) is 18.3 Å². The molecule has 0 radical (unpaired) electrons. The van der Waals surface area contributed by atoms with Crippen molar-refractivity contribution in [1.29, 1.82) is 0 Å². The predicted molar refractivity (Wildman–Crippen MR) is 191 cm³/mol. The molecule has 1 fully saturated rings. The minimum Gasteiger partial charge on any atom is -0.457 e. The molecular formula is C30H54N3O13PSSi2. The van der Waals surface area contributed by atoms with Gasteiger partial charge in [0.05, 0.1) is 30.9 Å². The first-order valence-corrected chi connectivity index (χ1v) is 25.3. The summed E-state index contributed by atoms with van der Waals surface area (Å²) in [5, 5.41) is 0.220. The molecule has 3 unspecified atom stereocenters. The maximum absolute atomic E-state index is 14.1. The molecule has 50 heavy (non-hydrogen) atoms. The summed E-state index contributed by atoms with van der Waals surface area (Å²) in [5.41, 5.74) is 1.70. The number of nitrogens with zero attached hydrogens (tertiary/aromatic N) is 2. The van der Waals surface area contributed by atoms with Crippen LogP contribution in [-0.2, 0) is 48.3 Å². The number of carbonyl (C=O) groups excluding carboxylic acids is 1. The average Bonchev–Trinajstić information content (AvgIpc) is 3.38. The molecule has 0 aliphatic carbocycles. The van der Waals surface area contributed by atoms with Crippen LogP contribution in [0.2, 0.25) is 36.3 Å². The second-order valence-corrected chi connectivity index (χ2v) is 28.3. The Morgan fingerprint density at radius 3 is 2.18 bits per heavy atom. The maximum atomic E-state index is 14.1. The molecule has 3 heterocycles. The minimum absolute atomic E-state index is 0.109. The topological polar surface area (TPSA) is 214 Å². The molecule has 2 aliphatic heterocycles. The summed E-state index contributed by atoms with van der Waals surface area (Å²) in [6.07, 6.45) is -2.59. The molecule has 0 aromatic carbocycles. The third-order valence-corrected chi connectivity index (χ3v) is 21.1. The lowest BCUT2D eigenvalue weighted by atomic mass is 9.89. The van der Waals surface area contributed by atoms with Gasteiger partial charge in [-0.15, -0.1) is 0 Å². The number of hydrogen-bond donors (Lipinski definition) is 2. The van der Waals surface area contributed by atoms with Gasteiger partial charge in [0.25, 0.3) is 15.7 Å². The lowest BCUT2D eigenvalue weighted by molar-refractivity contribution is -0.0567. The first kappa shape index (κ1) is 42.5. The highest BCUT2D eigenvalue weighted by Crippen LogP contribution is 2.52. The largest absolute Gasteiger partial charge is 0.457 e. The van der Waals surface area contributed by atoms with Crippen LogP contribution in [0.1, 0.15) is 66.7 Å². The number of carbonyl (C=O) groups is 1. The minimum atomic E-state index is -4.75. The van der Waals surface area contributed by atoms with E-state index in [1.807, 2.05) is 67.7 Å². The van der Waals surface area contributed by atoms with E-state index in [2.05, 4.69) is 4.74 Å². The van der Waals surface area contributed by atoms with Crippen LogP contribution in [0.4, 0.5) is 4.79 Å². The van der Waals surface area contributed by atoms with E-state index >= 15 is 0 Å². The fourth-order valence-electron chi connectivity index (χ4n) is 5.02. The molecule has 3 rings (SSSR count). The molecule has 1 aromatic rings.